The monoisotopic (exact) mass is 404 g/mol. The van der Waals surface area contributed by atoms with E-state index in [1.165, 1.54) is 96.3 Å². The summed E-state index contributed by atoms with van der Waals surface area (Å²) in [4.78, 5) is 11.6. The van der Waals surface area contributed by atoms with Crippen molar-refractivity contribution < 1.29 is 62.3 Å². The fourth-order valence-electron chi connectivity index (χ4n) is 3.38. The zero-order valence-electron chi connectivity index (χ0n) is 19.5. The van der Waals surface area contributed by atoms with E-state index in [0.29, 0.717) is 13.0 Å². The van der Waals surface area contributed by atoms with Gasteiger partial charge in [0.15, 0.2) is 0 Å². The van der Waals surface area contributed by atoms with Gasteiger partial charge in [-0.3, -0.25) is 4.79 Å². The summed E-state index contributed by atoms with van der Waals surface area (Å²) in [6.45, 7) is 2.91. The zero-order valence-corrected chi connectivity index (χ0v) is 21.6. The maximum atomic E-state index is 11.6. The molecule has 0 unspecified atom stereocenters. The molecule has 0 aliphatic heterocycles. The molecule has 0 spiro atoms. The average Bonchev–Trinajstić information content (AvgIpc) is 3.46. The minimum atomic E-state index is 0. The summed E-state index contributed by atoms with van der Waals surface area (Å²) < 4.78 is 5.29. The number of hydrogen-bond donors (Lipinski definition) is 0. The van der Waals surface area contributed by atoms with Crippen LogP contribution in [0.1, 0.15) is 124 Å². The van der Waals surface area contributed by atoms with Gasteiger partial charge in [0, 0.05) is 6.42 Å². The first-order chi connectivity index (χ1) is 12.8. The van der Waals surface area contributed by atoms with Crippen LogP contribution in [0.3, 0.4) is 0 Å². The molecule has 27 heavy (non-hydrogen) atoms. The van der Waals surface area contributed by atoms with Crippen molar-refractivity contribution in [2.75, 3.05) is 6.61 Å². The molecule has 0 amide bonds. The van der Waals surface area contributed by atoms with Crippen molar-refractivity contribution >= 4 is 5.97 Å². The Morgan fingerprint density at radius 3 is 2.00 bits per heavy atom. The minimum absolute atomic E-state index is 0. The van der Waals surface area contributed by atoms with Crippen LogP contribution in [0.15, 0.2) is 12.2 Å². The van der Waals surface area contributed by atoms with Crippen LogP contribution in [0.2, 0.25) is 0 Å². The first-order valence-electron chi connectivity index (χ1n) is 11.6. The summed E-state index contributed by atoms with van der Waals surface area (Å²) in [5.74, 6) is 0.956. The Bertz CT molecular complexity index is 357. The molecule has 0 N–H and O–H groups in total. The number of carbonyl (C=O) groups excluding carboxylic acids is 1. The predicted molar refractivity (Wildman–Crippen MR) is 113 cm³/mol. The molecule has 0 aromatic carbocycles. The molecule has 0 aromatic heterocycles. The average molecular weight is 405 g/mol. The van der Waals surface area contributed by atoms with E-state index in [4.69, 9.17) is 4.74 Å². The van der Waals surface area contributed by atoms with Crippen molar-refractivity contribution in [1.29, 1.82) is 0 Å². The maximum Gasteiger partial charge on any atom is 1.00 e. The van der Waals surface area contributed by atoms with Crippen LogP contribution in [0, 0.1) is 5.92 Å². The summed E-state index contributed by atoms with van der Waals surface area (Å²) in [5, 5.41) is 0. The van der Waals surface area contributed by atoms with Crippen molar-refractivity contribution in [2.45, 2.75) is 122 Å². The third kappa shape index (κ3) is 21.4. The Labute approximate surface area is 213 Å². The van der Waals surface area contributed by atoms with Gasteiger partial charge in [0.1, 0.15) is 0 Å². The van der Waals surface area contributed by atoms with Gasteiger partial charge < -0.3 is 6.16 Å². The van der Waals surface area contributed by atoms with Crippen LogP contribution in [0.25, 0.3) is 0 Å². The van der Waals surface area contributed by atoms with Gasteiger partial charge in [0.2, 0.25) is 0 Å². The Hall–Kier alpha value is 0.846. The van der Waals surface area contributed by atoms with Gasteiger partial charge in [-0.05, 0) is 50.9 Å². The van der Waals surface area contributed by atoms with E-state index in [9.17, 15) is 4.79 Å². The first-order valence-corrected chi connectivity index (χ1v) is 11.6. The Balaban J connectivity index is 0. The van der Waals surface area contributed by atoms with Crippen LogP contribution in [-0.4, -0.2) is 12.6 Å². The largest absolute Gasteiger partial charge is 1.00 e. The molecule has 3 heteroatoms. The summed E-state index contributed by atoms with van der Waals surface area (Å²) in [7, 11) is 0. The van der Waals surface area contributed by atoms with E-state index in [1.54, 1.807) is 0 Å². The molecule has 0 saturated heterocycles. The van der Waals surface area contributed by atoms with Crippen LogP contribution in [-0.2, 0) is 9.53 Å². The summed E-state index contributed by atoms with van der Waals surface area (Å²) in [6.07, 6.45) is 27.2. The standard InChI is InChI=1S/C24H44O2.K.H/c1-2-3-4-5-6-7-8-9-10-11-12-13-14-15-16-19-24(25)26-22-17-18-23-20-21-23;;/h9-10,23H,2-8,11-22H2,1H3;;/q;+1;-1/b10-9-;;. The van der Waals surface area contributed by atoms with Crippen molar-refractivity contribution in [1.82, 2.24) is 0 Å². The molecule has 1 aliphatic carbocycles. The minimum Gasteiger partial charge on any atom is -1.00 e. The quantitative estimate of drug-likeness (QED) is 0.133. The number of carbonyl (C=O) groups is 1. The second-order valence-corrected chi connectivity index (χ2v) is 8.14. The van der Waals surface area contributed by atoms with Crippen LogP contribution >= 0.6 is 0 Å². The van der Waals surface area contributed by atoms with Crippen molar-refractivity contribution in [2.24, 2.45) is 5.92 Å². The summed E-state index contributed by atoms with van der Waals surface area (Å²) in [6, 6.07) is 0. The molecule has 0 bridgehead atoms. The fraction of sp³-hybridized carbons (Fsp3) is 0.875. The van der Waals surface area contributed by atoms with Gasteiger partial charge in [-0.1, -0.05) is 83.3 Å². The van der Waals surface area contributed by atoms with Gasteiger partial charge in [-0.2, -0.15) is 0 Å². The third-order valence-electron chi connectivity index (χ3n) is 5.36. The molecule has 0 radical (unpaired) electrons. The second-order valence-electron chi connectivity index (χ2n) is 8.14. The van der Waals surface area contributed by atoms with Crippen molar-refractivity contribution in [3.63, 3.8) is 0 Å². The van der Waals surface area contributed by atoms with E-state index in [-0.39, 0.29) is 58.8 Å². The van der Waals surface area contributed by atoms with Gasteiger partial charge in [0.05, 0.1) is 6.61 Å². The molecule has 2 nitrogen and oxygen atoms in total. The van der Waals surface area contributed by atoms with E-state index < -0.39 is 0 Å². The first kappa shape index (κ1) is 27.8. The van der Waals surface area contributed by atoms with Crippen LogP contribution in [0.5, 0.6) is 0 Å². The molecule has 1 aliphatic rings. The molecule has 0 heterocycles. The number of unbranched alkanes of at least 4 members (excludes halogenated alkanes) is 11. The number of ether oxygens (including phenoxy) is 1. The number of hydrogen-bond acceptors (Lipinski definition) is 2. The third-order valence-corrected chi connectivity index (χ3v) is 5.36. The Morgan fingerprint density at radius 1 is 0.852 bits per heavy atom. The SMILES string of the molecule is CCCCCCCC/C=C\CCCCCCCC(=O)OCCCC1CC1.[H-].[K+]. The number of esters is 1. The molecule has 0 aromatic rings. The maximum absolute atomic E-state index is 11.6. The molecule has 1 rings (SSSR count). The van der Waals surface area contributed by atoms with Crippen molar-refractivity contribution in [3.05, 3.63) is 12.2 Å². The van der Waals surface area contributed by atoms with E-state index >= 15 is 0 Å². The Morgan fingerprint density at radius 2 is 1.41 bits per heavy atom. The summed E-state index contributed by atoms with van der Waals surface area (Å²) in [5.41, 5.74) is 0. The molecular weight excluding hydrogens is 359 g/mol. The Kier molecular flexibility index (Phi) is 22.2. The van der Waals surface area contributed by atoms with Crippen LogP contribution < -0.4 is 51.4 Å². The van der Waals surface area contributed by atoms with Crippen molar-refractivity contribution in [3.8, 4) is 0 Å². The smallest absolute Gasteiger partial charge is 1.00 e. The van der Waals surface area contributed by atoms with Gasteiger partial charge in [-0.15, -0.1) is 0 Å². The normalized spacial score (nSPS) is 13.7. The van der Waals surface area contributed by atoms with Gasteiger partial charge >= 0.3 is 57.4 Å². The topological polar surface area (TPSA) is 26.3 Å². The zero-order chi connectivity index (χ0) is 18.7. The summed E-state index contributed by atoms with van der Waals surface area (Å²) >= 11 is 0. The molecule has 154 valence electrons. The molecule has 1 saturated carbocycles. The predicted octanol–water partition coefficient (Wildman–Crippen LogP) is 4.87. The second kappa shape index (κ2) is 21.6. The molecular formula is C24H45KO2. The van der Waals surface area contributed by atoms with Crippen LogP contribution in [0.4, 0.5) is 0 Å². The van der Waals surface area contributed by atoms with Gasteiger partial charge in [-0.25, -0.2) is 0 Å². The van der Waals surface area contributed by atoms with Gasteiger partial charge in [0.25, 0.3) is 0 Å². The fourth-order valence-corrected chi connectivity index (χ4v) is 3.38. The number of rotatable bonds is 19. The number of allylic oxidation sites excluding steroid dienone is 2. The molecule has 0 atom stereocenters. The molecule has 1 fully saturated rings. The van der Waals surface area contributed by atoms with E-state index in [1.807, 2.05) is 0 Å². The van der Waals surface area contributed by atoms with E-state index in [0.717, 1.165) is 18.8 Å². The van der Waals surface area contributed by atoms with E-state index in [2.05, 4.69) is 19.1 Å².